The number of thiophene rings is 2. The average Bonchev–Trinajstić information content (AvgIpc) is 1.55. The Morgan fingerprint density at radius 2 is 0.735 bits per heavy atom. The summed E-state index contributed by atoms with van der Waals surface area (Å²) in [6.07, 6.45) is 54.4. The highest BCUT2D eigenvalue weighted by atomic mass is 32.1. The van der Waals surface area contributed by atoms with Gasteiger partial charge in [0.15, 0.2) is 17.5 Å². The smallest absolute Gasteiger partial charge is 0.326 e. The fourth-order valence-electron chi connectivity index (χ4n) is 23.7. The Balaban J connectivity index is 0.000000151. The zero-order valence-electron chi connectivity index (χ0n) is 86.9. The third kappa shape index (κ3) is 27.2. The van der Waals surface area contributed by atoms with Crippen LogP contribution < -0.4 is 16.0 Å². The first-order valence-electron chi connectivity index (χ1n) is 54.6. The maximum Gasteiger partial charge on any atom is 0.326 e. The van der Waals surface area contributed by atoms with Crippen molar-refractivity contribution in [2.24, 2.45) is 65.1 Å². The maximum atomic E-state index is 13.8. The van der Waals surface area contributed by atoms with Crippen molar-refractivity contribution in [1.29, 1.82) is 0 Å². The number of nitrogens with zero attached hydrogens (tertiary/aromatic N) is 9. The number of hydrogen-bond donors (Lipinski definition) is 6. The van der Waals surface area contributed by atoms with Crippen LogP contribution >= 0.6 is 22.7 Å². The van der Waals surface area contributed by atoms with Gasteiger partial charge in [-0.05, 0) is 268 Å². The van der Waals surface area contributed by atoms with Crippen molar-refractivity contribution in [3.63, 3.8) is 0 Å². The monoisotopic (exact) mass is 2030 g/mol. The summed E-state index contributed by atoms with van der Waals surface area (Å²) >= 11 is 2.84. The van der Waals surface area contributed by atoms with Crippen LogP contribution in [0.25, 0.3) is 50.9 Å². The van der Waals surface area contributed by atoms with Crippen LogP contribution in [-0.2, 0) is 53.4 Å². The maximum absolute atomic E-state index is 13.8. The van der Waals surface area contributed by atoms with E-state index in [1.807, 2.05) is 146 Å². The summed E-state index contributed by atoms with van der Waals surface area (Å²) in [5, 5.41) is 37.2. The van der Waals surface area contributed by atoms with Gasteiger partial charge in [-0.2, -0.15) is 0 Å². The topological polar surface area (TPSA) is 337 Å². The van der Waals surface area contributed by atoms with E-state index in [-0.39, 0.29) is 86.3 Å². The lowest BCUT2D eigenvalue weighted by Gasteiger charge is -2.39. The summed E-state index contributed by atoms with van der Waals surface area (Å²) in [7, 11) is 0. The number of carbonyl (C=O) groups is 9. The fourth-order valence-corrected chi connectivity index (χ4v) is 25.6. The summed E-state index contributed by atoms with van der Waals surface area (Å²) in [6.45, 7) is 18.4. The summed E-state index contributed by atoms with van der Waals surface area (Å²) in [5.74, 6) is 4.92. The Hall–Kier alpha value is -12.0. The molecule has 8 heterocycles. The molecule has 0 bridgehead atoms. The van der Waals surface area contributed by atoms with Gasteiger partial charge in [-0.1, -0.05) is 216 Å². The van der Waals surface area contributed by atoms with Gasteiger partial charge in [0.2, 0.25) is 17.7 Å². The molecule has 7 atom stereocenters. The molecular formula is C121H148N12O12S2. The molecular weight excluding hydrogens is 1880 g/mol. The predicted molar refractivity (Wildman–Crippen MR) is 578 cm³/mol. The number of hydrogen-bond acceptors (Lipinski definition) is 17. The number of likely N-dealkylation sites (tertiary alicyclic amines) is 3. The third-order valence-electron chi connectivity index (χ3n) is 33.7. The highest BCUT2D eigenvalue weighted by molar-refractivity contribution is 7.14. The molecule has 7 aliphatic carbocycles. The van der Waals surface area contributed by atoms with Crippen LogP contribution in [0.15, 0.2) is 177 Å². The Bertz CT molecular complexity index is 6150. The molecule has 10 aliphatic rings. The van der Waals surface area contributed by atoms with E-state index in [2.05, 4.69) is 89.6 Å². The molecule has 0 spiro atoms. The van der Waals surface area contributed by atoms with E-state index in [1.54, 1.807) is 12.1 Å². The van der Waals surface area contributed by atoms with Gasteiger partial charge in [0.05, 0.1) is 21.6 Å². The minimum atomic E-state index is -1.02. The first kappa shape index (κ1) is 106. The number of amides is 6. The second-order valence-corrected chi connectivity index (χ2v) is 47.0. The molecule has 3 unspecified atom stereocenters. The average molecular weight is 2030 g/mol. The van der Waals surface area contributed by atoms with Crippen LogP contribution in [0, 0.1) is 65.1 Å². The number of allylic oxidation sites excluding steroid dienone is 6. The van der Waals surface area contributed by atoms with Crippen molar-refractivity contribution in [2.75, 3.05) is 32.7 Å². The number of nitrogens with one attached hydrogen (secondary N) is 3. The number of carboxylic acids is 3. The molecule has 24 nitrogen and oxygen atoms in total. The first-order chi connectivity index (χ1) is 71.0. The van der Waals surface area contributed by atoms with E-state index in [0.717, 1.165) is 152 Å². The van der Waals surface area contributed by atoms with Crippen molar-refractivity contribution in [1.82, 2.24) is 60.6 Å². The standard InChI is InChI=1S/C41H52N4O4S.C41H48N4O4.C39H48N4O4S/c1-5-26-8-12-28(13-9-26)29-16-18-30(19-17-29)32-24-42-37(43-25-32)31-14-10-27(11-15-31)23-33(39(47)45-22-6-7-34(45)40(48)49)44-38(46)35-20-21-36(50-35)41(2,3)4;1-2-26-3-7-28(8-4-26)29-13-15-32(16-14-29)35-22-42-38(43-23-35)33-9-5-27(6-10-33)21-37(40(47)45-24-36(25-45)41(48)49)44-39(46)34-19-17-31(18-20-34)30-11-12-30;1-4-25-5-9-27(10-6-25)28-13-15-29(16-14-28)31-20-40-36(41-21-31)30-11-7-26(8-12-30)19-33(38(45)43-22-32(23-43)39(46)47)42-37(44)35-18-17-34(48-35)24(2)3/h10-11,14-15,18,20-21,24-26,28-29,33-34H,5-9,12-13,16-17,19,22-23H2,1-4H3,(H,44,46)(H,48,49);5-6,9-10,15,17-20,22-23,26,28-30,36-37H,2-4,7-8,11-14,16,21,24-25H2,1H3,(H,44,46)(H,48,49);7-8,11-12,15,17-18,20-21,24-25,27-28,32-33H,4-6,9-10,13-14,16,19,22-23H2,1-3H3,(H,42,44)(H,46,47)/t26?,28?,29?,33-,34-;26?,28?,29?,37-;25?,27?,28?,33-/m000/s1. The summed E-state index contributed by atoms with van der Waals surface area (Å²) in [5.41, 5.74) is 14.2. The molecule has 6 N–H and O–H groups in total. The zero-order chi connectivity index (χ0) is 103. The summed E-state index contributed by atoms with van der Waals surface area (Å²) in [6, 6.07) is 35.0. The molecule has 4 aromatic carbocycles. The van der Waals surface area contributed by atoms with Crippen LogP contribution in [0.5, 0.6) is 0 Å². The van der Waals surface area contributed by atoms with Crippen LogP contribution in [0.1, 0.15) is 325 Å². The van der Waals surface area contributed by atoms with Crippen molar-refractivity contribution < 1.29 is 58.5 Å². The minimum absolute atomic E-state index is 0.0990. The molecule has 7 fully saturated rings. The number of carbonyl (C=O) groups excluding carboxylic acids is 6. The fraction of sp³-hybridized carbons (Fsp3) is 0.512. The number of benzene rings is 4. The molecule has 6 amide bonds. The van der Waals surface area contributed by atoms with Crippen molar-refractivity contribution in [3.05, 3.63) is 241 Å². The van der Waals surface area contributed by atoms with Gasteiger partial charge in [-0.15, -0.1) is 22.7 Å². The second kappa shape index (κ2) is 49.0. The Morgan fingerprint density at radius 1 is 0.381 bits per heavy atom. The van der Waals surface area contributed by atoms with Crippen LogP contribution in [0.4, 0.5) is 0 Å². The van der Waals surface area contributed by atoms with Gasteiger partial charge in [0.25, 0.3) is 17.7 Å². The minimum Gasteiger partial charge on any atom is -0.481 e. The molecule has 9 aromatic rings. The summed E-state index contributed by atoms with van der Waals surface area (Å²) < 4.78 is 0. The van der Waals surface area contributed by atoms with E-state index >= 15 is 0 Å². The predicted octanol–water partition coefficient (Wildman–Crippen LogP) is 23.2. The number of aliphatic carboxylic acids is 3. The van der Waals surface area contributed by atoms with E-state index < -0.39 is 53.9 Å². The van der Waals surface area contributed by atoms with Crippen LogP contribution in [-0.4, -0.2) is 170 Å². The molecule has 147 heavy (non-hydrogen) atoms. The van der Waals surface area contributed by atoms with E-state index in [9.17, 15) is 58.5 Å². The highest BCUT2D eigenvalue weighted by Crippen LogP contribution is 2.47. The number of rotatable bonds is 32. The van der Waals surface area contributed by atoms with Crippen LogP contribution in [0.3, 0.4) is 0 Å². The number of carboxylic acid groups (broad SMARTS) is 3. The Morgan fingerprint density at radius 3 is 1.05 bits per heavy atom. The van der Waals surface area contributed by atoms with E-state index in [4.69, 9.17) is 29.9 Å². The zero-order valence-corrected chi connectivity index (χ0v) is 88.5. The molecule has 5 aromatic heterocycles. The molecule has 26 heteroatoms. The van der Waals surface area contributed by atoms with Crippen molar-refractivity contribution >= 4 is 92.7 Å². The summed E-state index contributed by atoms with van der Waals surface area (Å²) in [4.78, 5) is 151. The van der Waals surface area contributed by atoms with Crippen molar-refractivity contribution in [3.8, 4) is 34.2 Å². The second-order valence-electron chi connectivity index (χ2n) is 44.8. The van der Waals surface area contributed by atoms with Gasteiger partial charge in [0, 0.05) is 138 Å². The first-order valence-corrected chi connectivity index (χ1v) is 56.3. The highest BCUT2D eigenvalue weighted by Gasteiger charge is 2.44. The molecule has 3 saturated heterocycles. The lowest BCUT2D eigenvalue weighted by molar-refractivity contribution is -0.155. The molecule has 0 radical (unpaired) electrons. The van der Waals surface area contributed by atoms with Gasteiger partial charge >= 0.3 is 17.9 Å². The van der Waals surface area contributed by atoms with Crippen LogP contribution in [0.2, 0.25) is 0 Å². The lowest BCUT2D eigenvalue weighted by Crippen LogP contribution is -2.59. The lowest BCUT2D eigenvalue weighted by atomic mass is 9.71. The van der Waals surface area contributed by atoms with E-state index in [0.29, 0.717) is 64.0 Å². The third-order valence-corrected chi connectivity index (χ3v) is 36.6. The van der Waals surface area contributed by atoms with Gasteiger partial charge in [-0.25, -0.2) is 34.7 Å². The van der Waals surface area contributed by atoms with Crippen molar-refractivity contribution in [2.45, 2.75) is 296 Å². The number of aromatic nitrogens is 6. The van der Waals surface area contributed by atoms with Gasteiger partial charge < -0.3 is 46.0 Å². The normalized spacial score (nSPS) is 22.9. The SMILES string of the molecule is CCC1CCC(C2CC=C(c3cnc(-c4ccc(C[C@H](NC(=O)c5ccc(C(C)(C)C)s5)C(=O)N5CCC[C@H]5C(=O)O)cc4)nc3)CC2)CC1.CCC1CCC(C2CC=C(c3cnc(-c4ccc(C[C@H](NC(=O)c5ccc(C(C)C)s5)C(=O)N5CC(C(=O)O)C5)cc4)nc3)CC2)CC1.CCC1CCC(C2CC=C(c3cnc(-c4ccc(C[C@H](NC(=O)c5ccc(C6CC6)cc5)C(=O)N5CC(C(=O)O)C5)cc4)nc3)CC2)CC1. The molecule has 19 rings (SSSR count). The molecule has 3 aliphatic heterocycles. The van der Waals surface area contributed by atoms with Gasteiger partial charge in [0.1, 0.15) is 24.2 Å². The van der Waals surface area contributed by atoms with E-state index in [1.165, 1.54) is 188 Å². The molecule has 4 saturated carbocycles. The Kier molecular flexibility index (Phi) is 35.4. The largest absolute Gasteiger partial charge is 0.481 e. The Labute approximate surface area is 874 Å². The van der Waals surface area contributed by atoms with Gasteiger partial charge in [-0.3, -0.25) is 38.4 Å². The molecule has 776 valence electrons. The quantitative estimate of drug-likeness (QED) is 0.0228.